The summed E-state index contributed by atoms with van der Waals surface area (Å²) in [7, 11) is 0. The second-order valence-corrected chi connectivity index (χ2v) is 8.20. The second-order valence-electron chi connectivity index (χ2n) is 7.39. The van der Waals surface area contributed by atoms with Gasteiger partial charge in [-0.3, -0.25) is 9.59 Å². The van der Waals surface area contributed by atoms with Gasteiger partial charge in [0.1, 0.15) is 0 Å². The van der Waals surface area contributed by atoms with Gasteiger partial charge in [-0.05, 0) is 36.5 Å². The molecule has 1 aromatic rings. The summed E-state index contributed by atoms with van der Waals surface area (Å²) in [4.78, 5) is 27.2. The quantitative estimate of drug-likeness (QED) is 0.872. The second kappa shape index (κ2) is 6.23. The van der Waals surface area contributed by atoms with Gasteiger partial charge in [-0.25, -0.2) is 0 Å². The minimum Gasteiger partial charge on any atom is -0.341 e. The fraction of sp³-hybridized carbons (Fsp3) is 0.556. The lowest BCUT2D eigenvalue weighted by atomic mass is 9.81. The number of rotatable bonds is 3. The first-order chi connectivity index (χ1) is 11.2. The lowest BCUT2D eigenvalue weighted by molar-refractivity contribution is -0.134. The monoisotopic (exact) mass is 368 g/mol. The fourth-order valence-electron chi connectivity index (χ4n) is 3.93. The number of nitrogens with one attached hydrogen (secondary N) is 1. The van der Waals surface area contributed by atoms with E-state index in [2.05, 4.69) is 19.2 Å². The number of halogens is 2. The number of hydrogen-bond acceptors (Lipinski definition) is 2. The molecule has 1 aromatic carbocycles. The van der Waals surface area contributed by atoms with E-state index in [4.69, 9.17) is 23.2 Å². The molecule has 6 heteroatoms. The molecule has 1 N–H and O–H groups in total. The average molecular weight is 369 g/mol. The highest BCUT2D eigenvalue weighted by Gasteiger charge is 2.52. The van der Waals surface area contributed by atoms with Crippen LogP contribution in [0.3, 0.4) is 0 Å². The molecular weight excluding hydrogens is 347 g/mol. The molecular formula is C18H22Cl2N2O2. The molecule has 130 valence electrons. The minimum absolute atomic E-state index is 0.0297. The zero-order valence-electron chi connectivity index (χ0n) is 14.2. The molecule has 0 saturated carbocycles. The van der Waals surface area contributed by atoms with Gasteiger partial charge in [0, 0.05) is 24.7 Å². The molecule has 4 nitrogen and oxygen atoms in total. The fourth-order valence-corrected chi connectivity index (χ4v) is 4.26. The van der Waals surface area contributed by atoms with Crippen LogP contribution >= 0.6 is 23.2 Å². The van der Waals surface area contributed by atoms with Crippen LogP contribution < -0.4 is 5.32 Å². The Balaban J connectivity index is 1.86. The Hall–Kier alpha value is -1.26. The Bertz CT molecular complexity index is 705. The normalized spacial score (nSPS) is 23.8. The maximum Gasteiger partial charge on any atom is 0.237 e. The van der Waals surface area contributed by atoms with Gasteiger partial charge >= 0.3 is 0 Å². The van der Waals surface area contributed by atoms with Crippen molar-refractivity contribution >= 4 is 40.7 Å². The molecule has 0 bridgehead atoms. The van der Waals surface area contributed by atoms with Gasteiger partial charge in [0.2, 0.25) is 11.8 Å². The highest BCUT2D eigenvalue weighted by atomic mass is 35.5. The SMILES string of the molecule is CC(C)C[C@H](C)C(=O)N1CC[C@]2(C1)C(=O)Nc1cc(Cl)c(Cl)cc12. The molecule has 0 aliphatic carbocycles. The first-order valence-corrected chi connectivity index (χ1v) is 9.10. The zero-order chi connectivity index (χ0) is 17.6. The highest BCUT2D eigenvalue weighted by molar-refractivity contribution is 6.42. The van der Waals surface area contributed by atoms with E-state index in [0.29, 0.717) is 41.2 Å². The molecule has 0 aromatic heterocycles. The van der Waals surface area contributed by atoms with Gasteiger partial charge in [-0.1, -0.05) is 44.0 Å². The first-order valence-electron chi connectivity index (χ1n) is 8.34. The molecule has 2 atom stereocenters. The van der Waals surface area contributed by atoms with E-state index in [1.807, 2.05) is 11.8 Å². The lowest BCUT2D eigenvalue weighted by Gasteiger charge is -2.25. The third-order valence-electron chi connectivity index (χ3n) is 5.09. The standard InChI is InChI=1S/C18H22Cl2N2O2/c1-10(2)6-11(3)16(23)22-5-4-18(9-22)12-7-13(19)14(20)8-15(12)21-17(18)24/h7-8,10-11H,4-6,9H2,1-3H3,(H,21,24)/t11-,18+/m0/s1. The topological polar surface area (TPSA) is 49.4 Å². The highest BCUT2D eigenvalue weighted by Crippen LogP contribution is 2.47. The van der Waals surface area contributed by atoms with Gasteiger partial charge in [-0.2, -0.15) is 0 Å². The van der Waals surface area contributed by atoms with E-state index in [0.717, 1.165) is 12.0 Å². The number of fused-ring (bicyclic) bond motifs is 2. The van der Waals surface area contributed by atoms with Crippen LogP contribution in [0.4, 0.5) is 5.69 Å². The van der Waals surface area contributed by atoms with Crippen LogP contribution in [-0.4, -0.2) is 29.8 Å². The molecule has 1 saturated heterocycles. The van der Waals surface area contributed by atoms with E-state index in [-0.39, 0.29) is 17.7 Å². The summed E-state index contributed by atoms with van der Waals surface area (Å²) in [5, 5.41) is 3.75. The van der Waals surface area contributed by atoms with E-state index in [9.17, 15) is 9.59 Å². The van der Waals surface area contributed by atoms with Crippen LogP contribution in [0.1, 0.15) is 39.2 Å². The molecule has 2 amide bonds. The van der Waals surface area contributed by atoms with Gasteiger partial charge < -0.3 is 10.2 Å². The van der Waals surface area contributed by atoms with Gasteiger partial charge in [0.25, 0.3) is 0 Å². The number of hydrogen-bond donors (Lipinski definition) is 1. The van der Waals surface area contributed by atoms with Crippen molar-refractivity contribution in [1.29, 1.82) is 0 Å². The van der Waals surface area contributed by atoms with Crippen molar-refractivity contribution in [3.05, 3.63) is 27.7 Å². The number of amides is 2. The summed E-state index contributed by atoms with van der Waals surface area (Å²) in [6.45, 7) is 7.19. The average Bonchev–Trinajstić information content (AvgIpc) is 3.04. The Morgan fingerprint density at radius 2 is 1.96 bits per heavy atom. The molecule has 1 fully saturated rings. The van der Waals surface area contributed by atoms with Crippen LogP contribution in [0, 0.1) is 11.8 Å². The molecule has 2 aliphatic heterocycles. The maximum absolute atomic E-state index is 12.7. The maximum atomic E-state index is 12.7. The number of carbonyl (C=O) groups is 2. The molecule has 3 rings (SSSR count). The van der Waals surface area contributed by atoms with Crippen LogP contribution in [0.15, 0.2) is 12.1 Å². The molecule has 2 aliphatic rings. The van der Waals surface area contributed by atoms with Crippen LogP contribution in [0.25, 0.3) is 0 Å². The van der Waals surface area contributed by atoms with E-state index in [1.54, 1.807) is 12.1 Å². The Morgan fingerprint density at radius 1 is 1.29 bits per heavy atom. The Labute approximate surface area is 152 Å². The van der Waals surface area contributed by atoms with Crippen molar-refractivity contribution in [2.75, 3.05) is 18.4 Å². The summed E-state index contributed by atoms with van der Waals surface area (Å²) in [5.41, 5.74) is 0.865. The summed E-state index contributed by atoms with van der Waals surface area (Å²) in [6.07, 6.45) is 1.47. The van der Waals surface area contributed by atoms with Crippen molar-refractivity contribution in [2.45, 2.75) is 39.0 Å². The van der Waals surface area contributed by atoms with Gasteiger partial charge in [0.05, 0.1) is 15.5 Å². The van der Waals surface area contributed by atoms with Crippen molar-refractivity contribution in [3.8, 4) is 0 Å². The van der Waals surface area contributed by atoms with Crippen molar-refractivity contribution in [1.82, 2.24) is 4.90 Å². The molecule has 24 heavy (non-hydrogen) atoms. The number of carbonyl (C=O) groups excluding carboxylic acids is 2. The number of benzene rings is 1. The smallest absolute Gasteiger partial charge is 0.237 e. The first kappa shape index (κ1) is 17.6. The lowest BCUT2D eigenvalue weighted by Crippen LogP contribution is -2.40. The van der Waals surface area contributed by atoms with Crippen LogP contribution in [-0.2, 0) is 15.0 Å². The number of anilines is 1. The van der Waals surface area contributed by atoms with Crippen LogP contribution in [0.2, 0.25) is 10.0 Å². The van der Waals surface area contributed by atoms with E-state index in [1.165, 1.54) is 0 Å². The largest absolute Gasteiger partial charge is 0.341 e. The third kappa shape index (κ3) is 2.80. The van der Waals surface area contributed by atoms with E-state index < -0.39 is 5.41 Å². The minimum atomic E-state index is -0.698. The Morgan fingerprint density at radius 3 is 2.62 bits per heavy atom. The molecule has 0 unspecified atom stereocenters. The van der Waals surface area contributed by atoms with Crippen molar-refractivity contribution in [3.63, 3.8) is 0 Å². The van der Waals surface area contributed by atoms with Gasteiger partial charge in [-0.15, -0.1) is 0 Å². The third-order valence-corrected chi connectivity index (χ3v) is 5.81. The predicted molar refractivity (Wildman–Crippen MR) is 96.6 cm³/mol. The van der Waals surface area contributed by atoms with Crippen molar-refractivity contribution in [2.24, 2.45) is 11.8 Å². The molecule has 0 radical (unpaired) electrons. The summed E-state index contributed by atoms with van der Waals surface area (Å²) >= 11 is 12.2. The number of nitrogens with zero attached hydrogens (tertiary/aromatic N) is 1. The number of likely N-dealkylation sites (tertiary alicyclic amines) is 1. The van der Waals surface area contributed by atoms with E-state index >= 15 is 0 Å². The summed E-state index contributed by atoms with van der Waals surface area (Å²) < 4.78 is 0. The molecule has 1 spiro atoms. The zero-order valence-corrected chi connectivity index (χ0v) is 15.7. The Kier molecular flexibility index (Phi) is 4.56. The summed E-state index contributed by atoms with van der Waals surface area (Å²) in [5.74, 6) is 0.499. The predicted octanol–water partition coefficient (Wildman–Crippen LogP) is 4.10. The van der Waals surface area contributed by atoms with Crippen LogP contribution in [0.5, 0.6) is 0 Å². The van der Waals surface area contributed by atoms with Gasteiger partial charge in [0.15, 0.2) is 0 Å². The summed E-state index contributed by atoms with van der Waals surface area (Å²) in [6, 6.07) is 3.46. The van der Waals surface area contributed by atoms with Crippen molar-refractivity contribution < 1.29 is 9.59 Å². The molecule has 2 heterocycles.